The maximum absolute atomic E-state index is 11.2. The van der Waals surface area contributed by atoms with Gasteiger partial charge < -0.3 is 4.74 Å². The van der Waals surface area contributed by atoms with E-state index in [1.165, 1.54) is 12.3 Å². The molecule has 0 bridgehead atoms. The van der Waals surface area contributed by atoms with Gasteiger partial charge in [-0.2, -0.15) is 0 Å². The lowest BCUT2D eigenvalue weighted by Gasteiger charge is -2.10. The van der Waals surface area contributed by atoms with Crippen LogP contribution in [0.3, 0.4) is 0 Å². The molecule has 0 N–H and O–H groups in total. The number of ether oxygens (including phenoxy) is 1. The minimum absolute atomic E-state index is 0.00965. The fourth-order valence-electron chi connectivity index (χ4n) is 0.965. The summed E-state index contributed by atoms with van der Waals surface area (Å²) in [6.07, 6.45) is 1.40. The molecule has 15 heavy (non-hydrogen) atoms. The molecule has 1 rings (SSSR count). The Morgan fingerprint density at radius 2 is 2.27 bits per heavy atom. The van der Waals surface area contributed by atoms with Crippen LogP contribution in [-0.2, 0) is 0 Å². The first-order chi connectivity index (χ1) is 7.04. The van der Waals surface area contributed by atoms with Gasteiger partial charge >= 0.3 is 0 Å². The predicted molar refractivity (Wildman–Crippen MR) is 60.1 cm³/mol. The van der Waals surface area contributed by atoms with Crippen molar-refractivity contribution in [3.8, 4) is 5.88 Å². The number of ketones is 1. The van der Waals surface area contributed by atoms with Crippen molar-refractivity contribution in [2.75, 3.05) is 5.88 Å². The summed E-state index contributed by atoms with van der Waals surface area (Å²) in [4.78, 5) is 15.2. The quantitative estimate of drug-likeness (QED) is 0.607. The molecule has 0 aliphatic rings. The van der Waals surface area contributed by atoms with Crippen LogP contribution >= 0.6 is 23.2 Å². The third kappa shape index (κ3) is 3.36. The van der Waals surface area contributed by atoms with E-state index in [1.807, 2.05) is 13.8 Å². The number of alkyl halides is 1. The lowest BCUT2D eigenvalue weighted by molar-refractivity contribution is 0.102. The second-order valence-corrected chi connectivity index (χ2v) is 3.91. The third-order valence-corrected chi connectivity index (χ3v) is 2.11. The van der Waals surface area contributed by atoms with Gasteiger partial charge in [-0.05, 0) is 19.9 Å². The Morgan fingerprint density at radius 3 is 2.73 bits per heavy atom. The molecular formula is C10H11Cl2NO2. The van der Waals surface area contributed by atoms with Crippen LogP contribution in [0.4, 0.5) is 0 Å². The number of hydrogen-bond acceptors (Lipinski definition) is 3. The van der Waals surface area contributed by atoms with Gasteiger partial charge in [-0.3, -0.25) is 4.79 Å². The van der Waals surface area contributed by atoms with E-state index in [2.05, 4.69) is 4.98 Å². The van der Waals surface area contributed by atoms with E-state index in [1.54, 1.807) is 0 Å². The summed E-state index contributed by atoms with van der Waals surface area (Å²) in [5.74, 6) is 0.0440. The Hall–Kier alpha value is -0.800. The maximum Gasteiger partial charge on any atom is 0.232 e. The molecule has 1 aromatic rings. The van der Waals surface area contributed by atoms with Crippen LogP contribution in [0.1, 0.15) is 24.2 Å². The Kier molecular flexibility index (Phi) is 4.36. The molecule has 0 aromatic carbocycles. The smallest absolute Gasteiger partial charge is 0.232 e. The highest BCUT2D eigenvalue weighted by molar-refractivity contribution is 6.33. The van der Waals surface area contributed by atoms with E-state index in [0.717, 1.165) is 0 Å². The number of carbonyl (C=O) groups excluding carboxylic acids is 1. The number of aromatic nitrogens is 1. The van der Waals surface area contributed by atoms with Crippen LogP contribution in [-0.4, -0.2) is 22.8 Å². The molecule has 3 nitrogen and oxygen atoms in total. The summed E-state index contributed by atoms with van der Waals surface area (Å²) in [7, 11) is 0. The second-order valence-electron chi connectivity index (χ2n) is 3.23. The first kappa shape index (κ1) is 12.3. The number of Topliss-reactive ketones (excluding diaryl/α,β-unsaturated/α-hetero) is 1. The van der Waals surface area contributed by atoms with Crippen LogP contribution in [0.15, 0.2) is 12.3 Å². The summed E-state index contributed by atoms with van der Waals surface area (Å²) < 4.78 is 5.33. The summed E-state index contributed by atoms with van der Waals surface area (Å²) in [6.45, 7) is 3.74. The summed E-state index contributed by atoms with van der Waals surface area (Å²) in [6, 6.07) is 1.51. The summed E-state index contributed by atoms with van der Waals surface area (Å²) in [5, 5.41) is 0.319. The summed E-state index contributed by atoms with van der Waals surface area (Å²) in [5.41, 5.74) is 0.395. The molecule has 5 heteroatoms. The van der Waals surface area contributed by atoms with E-state index in [0.29, 0.717) is 16.5 Å². The summed E-state index contributed by atoms with van der Waals surface area (Å²) >= 11 is 11.3. The topological polar surface area (TPSA) is 39.2 Å². The van der Waals surface area contributed by atoms with Crippen molar-refractivity contribution in [2.45, 2.75) is 20.0 Å². The van der Waals surface area contributed by atoms with Crippen LogP contribution in [0.25, 0.3) is 0 Å². The highest BCUT2D eigenvalue weighted by Gasteiger charge is 2.10. The molecule has 0 saturated carbocycles. The lowest BCUT2D eigenvalue weighted by Crippen LogP contribution is -2.08. The molecule has 1 aromatic heterocycles. The Balaban J connectivity index is 2.93. The third-order valence-electron chi connectivity index (χ3n) is 1.60. The highest BCUT2D eigenvalue weighted by Crippen LogP contribution is 2.23. The minimum Gasteiger partial charge on any atom is -0.474 e. The van der Waals surface area contributed by atoms with Crippen LogP contribution in [0.2, 0.25) is 5.02 Å². The van der Waals surface area contributed by atoms with Crippen molar-refractivity contribution in [3.05, 3.63) is 22.8 Å². The number of pyridine rings is 1. The van der Waals surface area contributed by atoms with E-state index in [9.17, 15) is 4.79 Å². The molecule has 1 heterocycles. The van der Waals surface area contributed by atoms with Crippen molar-refractivity contribution in [1.29, 1.82) is 0 Å². The van der Waals surface area contributed by atoms with Crippen molar-refractivity contribution < 1.29 is 9.53 Å². The fraction of sp³-hybridized carbons (Fsp3) is 0.400. The van der Waals surface area contributed by atoms with Crippen molar-refractivity contribution in [2.24, 2.45) is 0 Å². The van der Waals surface area contributed by atoms with Crippen molar-refractivity contribution in [3.63, 3.8) is 0 Å². The molecular weight excluding hydrogens is 237 g/mol. The first-order valence-corrected chi connectivity index (χ1v) is 5.37. The van der Waals surface area contributed by atoms with Gasteiger partial charge in [0, 0.05) is 11.8 Å². The molecule has 0 spiro atoms. The Morgan fingerprint density at radius 1 is 1.60 bits per heavy atom. The van der Waals surface area contributed by atoms with Gasteiger partial charge in [0.15, 0.2) is 5.78 Å². The molecule has 0 saturated heterocycles. The van der Waals surface area contributed by atoms with Gasteiger partial charge in [0.1, 0.15) is 5.02 Å². The van der Waals surface area contributed by atoms with Gasteiger partial charge in [0.2, 0.25) is 5.88 Å². The number of carbonyl (C=O) groups is 1. The Labute approximate surface area is 98.4 Å². The van der Waals surface area contributed by atoms with Crippen molar-refractivity contribution >= 4 is 29.0 Å². The minimum atomic E-state index is -0.206. The predicted octanol–water partition coefficient (Wildman–Crippen LogP) is 2.94. The number of rotatable bonds is 4. The zero-order valence-corrected chi connectivity index (χ0v) is 9.97. The second kappa shape index (κ2) is 5.33. The normalized spacial score (nSPS) is 10.5. The largest absolute Gasteiger partial charge is 0.474 e. The molecule has 0 unspecified atom stereocenters. The van der Waals surface area contributed by atoms with Crippen LogP contribution in [0.5, 0.6) is 5.88 Å². The lowest BCUT2D eigenvalue weighted by atomic mass is 10.2. The molecule has 0 aliphatic carbocycles. The van der Waals surface area contributed by atoms with Crippen molar-refractivity contribution in [1.82, 2.24) is 4.98 Å². The van der Waals surface area contributed by atoms with Crippen LogP contribution in [0, 0.1) is 0 Å². The number of hydrogen-bond donors (Lipinski definition) is 0. The highest BCUT2D eigenvalue weighted by atomic mass is 35.5. The maximum atomic E-state index is 11.2. The van der Waals surface area contributed by atoms with E-state index in [-0.39, 0.29) is 17.8 Å². The molecule has 0 fully saturated rings. The zero-order valence-electron chi connectivity index (χ0n) is 8.46. The van der Waals surface area contributed by atoms with Gasteiger partial charge in [-0.25, -0.2) is 4.98 Å². The first-order valence-electron chi connectivity index (χ1n) is 4.46. The van der Waals surface area contributed by atoms with E-state index >= 15 is 0 Å². The van der Waals surface area contributed by atoms with Gasteiger partial charge in [0.25, 0.3) is 0 Å². The standard InChI is InChI=1S/C10H11Cl2NO2/c1-6(2)15-10-8(12)3-7(5-13-10)9(14)4-11/h3,5-6H,4H2,1-2H3. The van der Waals surface area contributed by atoms with Gasteiger partial charge in [-0.1, -0.05) is 11.6 Å². The van der Waals surface area contributed by atoms with Gasteiger partial charge in [0.05, 0.1) is 12.0 Å². The fourth-order valence-corrected chi connectivity index (χ4v) is 1.33. The average Bonchev–Trinajstić information content (AvgIpc) is 2.19. The molecule has 0 atom stereocenters. The van der Waals surface area contributed by atoms with E-state index < -0.39 is 0 Å². The van der Waals surface area contributed by atoms with Crippen LogP contribution < -0.4 is 4.74 Å². The SMILES string of the molecule is CC(C)Oc1ncc(C(=O)CCl)cc1Cl. The molecule has 0 aliphatic heterocycles. The Bertz CT molecular complexity index is 366. The van der Waals surface area contributed by atoms with E-state index in [4.69, 9.17) is 27.9 Å². The number of halogens is 2. The molecule has 0 radical (unpaired) electrons. The number of nitrogens with zero attached hydrogens (tertiary/aromatic N) is 1. The van der Waals surface area contributed by atoms with Gasteiger partial charge in [-0.15, -0.1) is 11.6 Å². The monoisotopic (exact) mass is 247 g/mol. The average molecular weight is 248 g/mol. The zero-order chi connectivity index (χ0) is 11.4. The molecule has 82 valence electrons. The molecule has 0 amide bonds.